The maximum atomic E-state index is 8.49. The first-order chi connectivity index (χ1) is 7.81. The summed E-state index contributed by atoms with van der Waals surface area (Å²) in [5, 5.41) is 8.49. The molecule has 1 heterocycles. The molecule has 0 amide bonds. The molecule has 0 bridgehead atoms. The Labute approximate surface area is 95.0 Å². The maximum absolute atomic E-state index is 8.49. The first-order valence-electron chi connectivity index (χ1n) is 4.95. The van der Waals surface area contributed by atoms with Crippen LogP contribution in [0.25, 0.3) is 11.1 Å². The van der Waals surface area contributed by atoms with Crippen LogP contribution in [0.15, 0.2) is 42.7 Å². The lowest BCUT2D eigenvalue weighted by molar-refractivity contribution is 0.454. The van der Waals surface area contributed by atoms with E-state index in [0.29, 0.717) is 13.4 Å². The molecule has 3 nitrogen and oxygen atoms in total. The molecule has 0 aliphatic heterocycles. The van der Waals surface area contributed by atoms with Crippen molar-refractivity contribution in [2.75, 3.05) is 0 Å². The highest BCUT2D eigenvalue weighted by Crippen LogP contribution is 2.24. The molecule has 0 fully saturated rings. The van der Waals surface area contributed by atoms with E-state index in [1.807, 2.05) is 43.5 Å². The van der Waals surface area contributed by atoms with E-state index < -0.39 is 0 Å². The summed E-state index contributed by atoms with van der Waals surface area (Å²) >= 11 is 0. The molecule has 0 atom stereocenters. The van der Waals surface area contributed by atoms with Crippen LogP contribution < -0.4 is 4.65 Å². The van der Waals surface area contributed by atoms with Crippen LogP contribution in [0.1, 0.15) is 5.56 Å². The molecule has 0 saturated heterocycles. The summed E-state index contributed by atoms with van der Waals surface area (Å²) in [6.45, 7) is 2.02. The van der Waals surface area contributed by atoms with Crippen LogP contribution >= 0.6 is 0 Å². The second kappa shape index (κ2) is 4.81. The van der Waals surface area contributed by atoms with Crippen LogP contribution in [-0.2, 0) is 0 Å². The largest absolute Gasteiger partial charge is 0.569 e. The fourth-order valence-electron chi connectivity index (χ4n) is 1.57. The SMILES string of the molecule is Cc1cnccc1-c1ccc(O[B]O)cc1. The maximum Gasteiger partial charge on any atom is 0.569 e. The van der Waals surface area contributed by atoms with Crippen molar-refractivity contribution in [2.45, 2.75) is 6.92 Å². The summed E-state index contributed by atoms with van der Waals surface area (Å²) in [6, 6.07) is 9.48. The number of pyridine rings is 1. The molecule has 0 spiro atoms. The number of hydrogen-bond acceptors (Lipinski definition) is 3. The van der Waals surface area contributed by atoms with Crippen LogP contribution in [0.3, 0.4) is 0 Å². The van der Waals surface area contributed by atoms with Crippen LogP contribution in [0.4, 0.5) is 0 Å². The average molecular weight is 212 g/mol. The number of aromatic nitrogens is 1. The highest BCUT2D eigenvalue weighted by Gasteiger charge is 2.01. The molecule has 0 unspecified atom stereocenters. The average Bonchev–Trinajstić information content (AvgIpc) is 2.31. The third-order valence-electron chi connectivity index (χ3n) is 2.37. The lowest BCUT2D eigenvalue weighted by Crippen LogP contribution is -1.99. The number of hydrogen-bond donors (Lipinski definition) is 1. The highest BCUT2D eigenvalue weighted by molar-refractivity contribution is 6.17. The monoisotopic (exact) mass is 212 g/mol. The normalized spacial score (nSPS) is 9.88. The fourth-order valence-corrected chi connectivity index (χ4v) is 1.57. The Balaban J connectivity index is 2.31. The van der Waals surface area contributed by atoms with Crippen molar-refractivity contribution >= 4 is 7.69 Å². The summed E-state index contributed by atoms with van der Waals surface area (Å²) in [5.41, 5.74) is 3.38. The molecule has 1 aromatic carbocycles. The van der Waals surface area contributed by atoms with E-state index in [4.69, 9.17) is 9.68 Å². The third-order valence-corrected chi connectivity index (χ3v) is 2.37. The van der Waals surface area contributed by atoms with Gasteiger partial charge in [-0.1, -0.05) is 12.1 Å². The van der Waals surface area contributed by atoms with Gasteiger partial charge in [0.05, 0.1) is 0 Å². The number of aryl methyl sites for hydroxylation is 1. The van der Waals surface area contributed by atoms with Gasteiger partial charge in [-0.15, -0.1) is 0 Å². The van der Waals surface area contributed by atoms with Gasteiger partial charge in [0.25, 0.3) is 0 Å². The van der Waals surface area contributed by atoms with Gasteiger partial charge < -0.3 is 9.68 Å². The second-order valence-electron chi connectivity index (χ2n) is 3.44. The van der Waals surface area contributed by atoms with Gasteiger partial charge in [0, 0.05) is 12.4 Å². The molecule has 4 heteroatoms. The van der Waals surface area contributed by atoms with Crippen molar-refractivity contribution in [2.24, 2.45) is 0 Å². The van der Waals surface area contributed by atoms with Gasteiger partial charge in [0.15, 0.2) is 0 Å². The summed E-state index contributed by atoms with van der Waals surface area (Å²) in [6.07, 6.45) is 3.61. The van der Waals surface area contributed by atoms with Gasteiger partial charge in [-0.3, -0.25) is 4.98 Å². The minimum atomic E-state index is 0.609. The van der Waals surface area contributed by atoms with E-state index in [9.17, 15) is 0 Å². The van der Waals surface area contributed by atoms with Crippen molar-refractivity contribution in [3.05, 3.63) is 48.3 Å². The molecule has 79 valence electrons. The lowest BCUT2D eigenvalue weighted by Gasteiger charge is -2.06. The van der Waals surface area contributed by atoms with Gasteiger partial charge in [0.2, 0.25) is 0 Å². The molecule has 2 rings (SSSR count). The molecule has 2 aromatic rings. The molecule has 1 aromatic heterocycles. The zero-order valence-corrected chi connectivity index (χ0v) is 8.92. The molecule has 1 radical (unpaired) electrons. The van der Waals surface area contributed by atoms with Gasteiger partial charge in [-0.05, 0) is 41.8 Å². The Kier molecular flexibility index (Phi) is 3.22. The quantitative estimate of drug-likeness (QED) is 0.790. The zero-order chi connectivity index (χ0) is 11.4. The van der Waals surface area contributed by atoms with E-state index in [1.54, 1.807) is 6.20 Å². The van der Waals surface area contributed by atoms with Crippen LogP contribution in [0, 0.1) is 6.92 Å². The van der Waals surface area contributed by atoms with Gasteiger partial charge in [-0.25, -0.2) is 0 Å². The molecular weight excluding hydrogens is 201 g/mol. The number of benzene rings is 1. The van der Waals surface area contributed by atoms with Crippen molar-refractivity contribution in [1.82, 2.24) is 4.98 Å². The fraction of sp³-hybridized carbons (Fsp3) is 0.0833. The van der Waals surface area contributed by atoms with Crippen molar-refractivity contribution < 1.29 is 9.68 Å². The second-order valence-corrected chi connectivity index (χ2v) is 3.44. The molecular formula is C12H11BNO2. The summed E-state index contributed by atoms with van der Waals surface area (Å²) in [7, 11) is 0.673. The summed E-state index contributed by atoms with van der Waals surface area (Å²) in [4.78, 5) is 4.05. The number of rotatable bonds is 3. The van der Waals surface area contributed by atoms with Crippen molar-refractivity contribution in [3.8, 4) is 16.9 Å². The Hall–Kier alpha value is -1.81. The van der Waals surface area contributed by atoms with E-state index in [0.717, 1.165) is 16.7 Å². The van der Waals surface area contributed by atoms with E-state index in [-0.39, 0.29) is 0 Å². The molecule has 0 aliphatic rings. The van der Waals surface area contributed by atoms with Gasteiger partial charge >= 0.3 is 7.69 Å². The predicted octanol–water partition coefficient (Wildman–Crippen LogP) is 1.96. The van der Waals surface area contributed by atoms with Crippen molar-refractivity contribution in [3.63, 3.8) is 0 Å². The Morgan fingerprint density at radius 2 is 1.94 bits per heavy atom. The molecule has 1 N–H and O–H groups in total. The molecule has 16 heavy (non-hydrogen) atoms. The predicted molar refractivity (Wildman–Crippen MR) is 63.0 cm³/mol. The Morgan fingerprint density at radius 3 is 2.56 bits per heavy atom. The van der Waals surface area contributed by atoms with Crippen molar-refractivity contribution in [1.29, 1.82) is 0 Å². The highest BCUT2D eigenvalue weighted by atomic mass is 16.5. The van der Waals surface area contributed by atoms with E-state index >= 15 is 0 Å². The molecule has 0 saturated carbocycles. The Morgan fingerprint density at radius 1 is 1.19 bits per heavy atom. The summed E-state index contributed by atoms with van der Waals surface area (Å²) in [5.74, 6) is 0.609. The first kappa shape index (κ1) is 10.7. The zero-order valence-electron chi connectivity index (χ0n) is 8.92. The summed E-state index contributed by atoms with van der Waals surface area (Å²) < 4.78 is 4.85. The van der Waals surface area contributed by atoms with E-state index in [1.165, 1.54) is 0 Å². The third kappa shape index (κ3) is 2.23. The topological polar surface area (TPSA) is 42.4 Å². The number of nitrogens with zero attached hydrogens (tertiary/aromatic N) is 1. The minimum Gasteiger partial charge on any atom is -0.537 e. The van der Waals surface area contributed by atoms with Crippen LogP contribution in [0.2, 0.25) is 0 Å². The smallest absolute Gasteiger partial charge is 0.537 e. The van der Waals surface area contributed by atoms with Crippen LogP contribution in [-0.4, -0.2) is 17.7 Å². The first-order valence-corrected chi connectivity index (χ1v) is 4.95. The standard InChI is InChI=1S/C12H11BNO2/c1-9-8-14-7-6-12(9)10-2-4-11(5-3-10)16-13-15/h2-8,15H,1H3. The van der Waals surface area contributed by atoms with Gasteiger partial charge in [-0.2, -0.15) is 0 Å². The minimum absolute atomic E-state index is 0.609. The lowest BCUT2D eigenvalue weighted by atomic mass is 10.0. The van der Waals surface area contributed by atoms with Gasteiger partial charge in [0.1, 0.15) is 5.75 Å². The molecule has 0 aliphatic carbocycles. The Bertz CT molecular complexity index is 471. The van der Waals surface area contributed by atoms with E-state index in [2.05, 4.69) is 4.98 Å². The van der Waals surface area contributed by atoms with Crippen LogP contribution in [0.5, 0.6) is 5.75 Å².